The summed E-state index contributed by atoms with van der Waals surface area (Å²) in [7, 11) is 0. The maximum atomic E-state index is 13.0. The van der Waals surface area contributed by atoms with Crippen molar-refractivity contribution < 1.29 is 23.1 Å². The third-order valence-corrected chi connectivity index (χ3v) is 6.97. The van der Waals surface area contributed by atoms with E-state index in [0.717, 1.165) is 44.8 Å². The van der Waals surface area contributed by atoms with Crippen LogP contribution in [0.15, 0.2) is 55.0 Å². The Morgan fingerprint density at radius 3 is 2.43 bits per heavy atom. The molecule has 2 heterocycles. The monoisotopic (exact) mass is 530 g/mol. The van der Waals surface area contributed by atoms with Crippen molar-refractivity contribution in [2.24, 2.45) is 11.1 Å². The average molecular weight is 531 g/mol. The molecule has 0 spiro atoms. The number of halogens is 3. The molecule has 2 aromatic carbocycles. The molecule has 0 saturated heterocycles. The average Bonchev–Trinajstić information content (AvgIpc) is 3.31. The molecule has 1 amide bonds. The second-order valence-corrected chi connectivity index (χ2v) is 10.7. The molecule has 194 valence electrons. The fraction of sp³-hybridized carbons (Fsp3) is 0.320. The van der Waals surface area contributed by atoms with E-state index >= 15 is 0 Å². The number of carbonyl (C=O) groups is 1. The second-order valence-electron chi connectivity index (χ2n) is 9.71. The predicted molar refractivity (Wildman–Crippen MR) is 135 cm³/mol. The zero-order chi connectivity index (χ0) is 27.0. The summed E-state index contributed by atoms with van der Waals surface area (Å²) in [5.74, 6) is -0.440. The number of fused-ring (bicyclic) bond motifs is 1. The number of hydrogen-bond acceptors (Lipinski definition) is 7. The highest BCUT2D eigenvalue weighted by atomic mass is 32.1. The van der Waals surface area contributed by atoms with Gasteiger partial charge in [-0.1, -0.05) is 44.2 Å². The van der Waals surface area contributed by atoms with Crippen LogP contribution in [0, 0.1) is 5.41 Å². The van der Waals surface area contributed by atoms with Gasteiger partial charge in [-0.15, -0.1) is 10.2 Å². The van der Waals surface area contributed by atoms with E-state index < -0.39 is 35.2 Å². The lowest BCUT2D eigenvalue weighted by Gasteiger charge is -2.37. The molecule has 0 aliphatic carbocycles. The number of alkyl halides is 3. The first kappa shape index (κ1) is 26.4. The Kier molecular flexibility index (Phi) is 7.16. The summed E-state index contributed by atoms with van der Waals surface area (Å²) < 4.78 is 39.1. The normalized spacial score (nSPS) is 13.9. The lowest BCUT2D eigenvalue weighted by atomic mass is 9.72. The molecule has 4 rings (SSSR count). The Balaban J connectivity index is 1.60. The molecule has 3 N–H and O–H groups in total. The fourth-order valence-corrected chi connectivity index (χ4v) is 5.23. The Hall–Kier alpha value is -3.64. The van der Waals surface area contributed by atoms with E-state index in [-0.39, 0.29) is 11.7 Å². The molecule has 0 aliphatic rings. The van der Waals surface area contributed by atoms with Gasteiger partial charge in [-0.25, -0.2) is 14.8 Å². The summed E-state index contributed by atoms with van der Waals surface area (Å²) in [6, 6.07) is 9.57. The zero-order valence-electron chi connectivity index (χ0n) is 20.3. The third-order valence-electron chi connectivity index (χ3n) is 5.98. The van der Waals surface area contributed by atoms with Crippen molar-refractivity contribution in [1.82, 2.24) is 20.2 Å². The summed E-state index contributed by atoms with van der Waals surface area (Å²) in [6.07, 6.45) is -2.59. The number of rotatable bonds is 6. The maximum absolute atomic E-state index is 13.0. The molecule has 37 heavy (non-hydrogen) atoms. The molecule has 0 fully saturated rings. The van der Waals surface area contributed by atoms with Gasteiger partial charge in [0.2, 0.25) is 5.13 Å². The van der Waals surface area contributed by atoms with Crippen molar-refractivity contribution in [2.45, 2.75) is 38.9 Å². The molecular weight excluding hydrogens is 505 g/mol. The zero-order valence-corrected chi connectivity index (χ0v) is 21.1. The van der Waals surface area contributed by atoms with E-state index in [1.807, 2.05) is 39.0 Å². The number of benzene rings is 2. The van der Waals surface area contributed by atoms with E-state index in [0.29, 0.717) is 10.6 Å². The SMILES string of the molecule is CC(C)(C)C(c1ccc(C(F)(F)F)cc1)C(N)CN(C(=O)O)c1nnc(-c2ccc3ncncc3c2)s1. The van der Waals surface area contributed by atoms with Gasteiger partial charge in [0.05, 0.1) is 11.1 Å². The van der Waals surface area contributed by atoms with Gasteiger partial charge in [-0.2, -0.15) is 13.2 Å². The van der Waals surface area contributed by atoms with Gasteiger partial charge in [-0.05, 0) is 41.3 Å². The van der Waals surface area contributed by atoms with Crippen LogP contribution in [-0.2, 0) is 6.18 Å². The van der Waals surface area contributed by atoms with Crippen molar-refractivity contribution >= 4 is 33.5 Å². The lowest BCUT2D eigenvalue weighted by Crippen LogP contribution is -2.47. The van der Waals surface area contributed by atoms with Crippen LogP contribution in [0.5, 0.6) is 0 Å². The van der Waals surface area contributed by atoms with Crippen molar-refractivity contribution in [3.63, 3.8) is 0 Å². The molecule has 0 radical (unpaired) electrons. The minimum atomic E-state index is -4.45. The highest BCUT2D eigenvalue weighted by Gasteiger charge is 2.36. The minimum Gasteiger partial charge on any atom is -0.465 e. The number of anilines is 1. The van der Waals surface area contributed by atoms with Crippen molar-refractivity contribution in [3.8, 4) is 10.6 Å². The van der Waals surface area contributed by atoms with Gasteiger partial charge >= 0.3 is 12.3 Å². The number of nitrogens with two attached hydrogens (primary N) is 1. The highest BCUT2D eigenvalue weighted by molar-refractivity contribution is 7.18. The Labute approximate surface area is 215 Å². The number of carboxylic acid groups (broad SMARTS) is 1. The predicted octanol–water partition coefficient (Wildman–Crippen LogP) is 5.81. The van der Waals surface area contributed by atoms with E-state index in [1.165, 1.54) is 18.5 Å². The number of hydrogen-bond donors (Lipinski definition) is 2. The summed E-state index contributed by atoms with van der Waals surface area (Å²) in [5, 5.41) is 19.6. The largest absolute Gasteiger partial charge is 0.465 e. The van der Waals surface area contributed by atoms with Crippen molar-refractivity contribution in [3.05, 3.63) is 66.1 Å². The summed E-state index contributed by atoms with van der Waals surface area (Å²) in [5.41, 5.74) is 7.39. The quantitative estimate of drug-likeness (QED) is 0.323. The van der Waals surface area contributed by atoms with Crippen LogP contribution in [0.2, 0.25) is 0 Å². The Morgan fingerprint density at radius 1 is 1.11 bits per heavy atom. The molecule has 2 atom stereocenters. The van der Waals surface area contributed by atoms with Crippen LogP contribution in [0.1, 0.15) is 37.8 Å². The van der Waals surface area contributed by atoms with Crippen molar-refractivity contribution in [1.29, 1.82) is 0 Å². The van der Waals surface area contributed by atoms with Gasteiger partial charge < -0.3 is 10.8 Å². The van der Waals surface area contributed by atoms with Crippen molar-refractivity contribution in [2.75, 3.05) is 11.4 Å². The van der Waals surface area contributed by atoms with E-state index in [9.17, 15) is 23.1 Å². The molecule has 0 saturated carbocycles. The van der Waals surface area contributed by atoms with E-state index in [4.69, 9.17) is 5.73 Å². The van der Waals surface area contributed by atoms with Crippen LogP contribution in [0.25, 0.3) is 21.5 Å². The first-order valence-corrected chi connectivity index (χ1v) is 12.1. The van der Waals surface area contributed by atoms with Crippen LogP contribution < -0.4 is 10.6 Å². The molecular formula is C25H25F3N6O2S. The molecule has 0 aliphatic heterocycles. The Morgan fingerprint density at radius 2 is 1.81 bits per heavy atom. The first-order chi connectivity index (χ1) is 17.3. The van der Waals surface area contributed by atoms with Crippen LogP contribution in [-0.4, -0.2) is 44.0 Å². The first-order valence-electron chi connectivity index (χ1n) is 11.3. The van der Waals surface area contributed by atoms with E-state index in [1.54, 1.807) is 6.20 Å². The van der Waals surface area contributed by atoms with Gasteiger partial charge in [0.15, 0.2) is 0 Å². The van der Waals surface area contributed by atoms with Gasteiger partial charge in [0.25, 0.3) is 0 Å². The van der Waals surface area contributed by atoms with Gasteiger partial charge in [-0.3, -0.25) is 4.90 Å². The minimum absolute atomic E-state index is 0.127. The molecule has 12 heteroatoms. The highest BCUT2D eigenvalue weighted by Crippen LogP contribution is 2.39. The molecule has 4 aromatic rings. The number of aromatic nitrogens is 4. The smallest absolute Gasteiger partial charge is 0.416 e. The molecule has 8 nitrogen and oxygen atoms in total. The fourth-order valence-electron chi connectivity index (χ4n) is 4.38. The topological polar surface area (TPSA) is 118 Å². The number of nitrogens with zero attached hydrogens (tertiary/aromatic N) is 5. The standard InChI is InChI=1S/C25H25F3N6O2S/c1-24(2,3)20(14-4-7-17(8-5-14)25(26,27)28)18(29)12-34(23(35)36)22-33-32-21(37-22)15-6-9-19-16(10-15)11-30-13-31-19/h4-11,13,18,20H,12,29H2,1-3H3,(H,35,36). The molecule has 0 bridgehead atoms. The van der Waals surface area contributed by atoms with Gasteiger partial charge in [0.1, 0.15) is 11.3 Å². The number of amides is 1. The van der Waals surface area contributed by atoms with Crippen LogP contribution >= 0.6 is 11.3 Å². The maximum Gasteiger partial charge on any atom is 0.416 e. The van der Waals surface area contributed by atoms with E-state index in [2.05, 4.69) is 20.2 Å². The summed E-state index contributed by atoms with van der Waals surface area (Å²) in [4.78, 5) is 21.4. The molecule has 2 unspecified atom stereocenters. The summed E-state index contributed by atoms with van der Waals surface area (Å²) in [6.45, 7) is 5.60. The Bertz CT molecular complexity index is 1400. The second kappa shape index (κ2) is 10.0. The molecule has 2 aromatic heterocycles. The third kappa shape index (κ3) is 5.86. The van der Waals surface area contributed by atoms with Crippen LogP contribution in [0.4, 0.5) is 23.1 Å². The summed E-state index contributed by atoms with van der Waals surface area (Å²) >= 11 is 1.09. The van der Waals surface area contributed by atoms with Crippen LogP contribution in [0.3, 0.4) is 0 Å². The van der Waals surface area contributed by atoms with Gasteiger partial charge in [0, 0.05) is 35.7 Å². The lowest BCUT2D eigenvalue weighted by molar-refractivity contribution is -0.137.